The molecule has 4 rings (SSSR count). The second-order valence-corrected chi connectivity index (χ2v) is 7.61. The van der Waals surface area contributed by atoms with E-state index in [4.69, 9.17) is 15.2 Å². The molecule has 1 atom stereocenters. The van der Waals surface area contributed by atoms with E-state index in [9.17, 15) is 9.59 Å². The van der Waals surface area contributed by atoms with Crippen LogP contribution in [0.1, 0.15) is 19.8 Å². The minimum Gasteiger partial charge on any atom is -0.481 e. The van der Waals surface area contributed by atoms with Gasteiger partial charge in [-0.15, -0.1) is 0 Å². The van der Waals surface area contributed by atoms with Crippen molar-refractivity contribution in [2.45, 2.75) is 25.9 Å². The van der Waals surface area contributed by atoms with Crippen molar-refractivity contribution >= 4 is 39.8 Å². The summed E-state index contributed by atoms with van der Waals surface area (Å²) in [6, 6.07) is 14.6. The third kappa shape index (κ3) is 4.81. The Kier molecular flexibility index (Phi) is 6.51. The molecular formula is C24H26N4O4. The number of nitrogen functional groups attached to an aromatic ring is 1. The number of carbonyl (C=O) groups excluding carboxylic acids is 2. The van der Waals surface area contributed by atoms with E-state index < -0.39 is 6.10 Å². The predicted octanol–water partition coefficient (Wildman–Crippen LogP) is 3.37. The van der Waals surface area contributed by atoms with Crippen LogP contribution < -0.4 is 20.7 Å². The highest BCUT2D eigenvalue weighted by atomic mass is 16.5. The van der Waals surface area contributed by atoms with Crippen LogP contribution in [0.4, 0.5) is 17.2 Å². The van der Waals surface area contributed by atoms with E-state index in [0.717, 1.165) is 22.9 Å². The molecule has 8 heteroatoms. The number of nitrogens with zero attached hydrogens (tertiary/aromatic N) is 2. The Morgan fingerprint density at radius 3 is 2.81 bits per heavy atom. The zero-order chi connectivity index (χ0) is 22.5. The number of anilines is 3. The first-order valence-corrected chi connectivity index (χ1v) is 10.6. The number of hydrogen-bond donors (Lipinski definition) is 2. The summed E-state index contributed by atoms with van der Waals surface area (Å²) in [5.41, 5.74) is 7.39. The molecule has 1 aromatic heterocycles. The van der Waals surface area contributed by atoms with Gasteiger partial charge in [0.05, 0.1) is 6.61 Å². The number of hydrogen-bond acceptors (Lipinski definition) is 6. The van der Waals surface area contributed by atoms with E-state index in [2.05, 4.69) is 10.3 Å². The second-order valence-electron chi connectivity index (χ2n) is 7.61. The number of nitrogens with two attached hydrogens (primary N) is 1. The number of ether oxygens (including phenoxy) is 2. The van der Waals surface area contributed by atoms with Crippen LogP contribution in [-0.4, -0.2) is 42.7 Å². The van der Waals surface area contributed by atoms with Gasteiger partial charge in [-0.25, -0.2) is 4.98 Å². The molecule has 3 N–H and O–H groups in total. The molecule has 0 saturated carbocycles. The lowest BCUT2D eigenvalue weighted by atomic mass is 10.1. The van der Waals surface area contributed by atoms with Crippen LogP contribution in [-0.2, 0) is 14.3 Å². The average Bonchev–Trinajstić information content (AvgIpc) is 2.80. The number of pyridine rings is 1. The zero-order valence-electron chi connectivity index (χ0n) is 17.9. The Hall–Kier alpha value is -3.65. The van der Waals surface area contributed by atoms with Crippen LogP contribution >= 0.6 is 0 Å². The Morgan fingerprint density at radius 1 is 1.25 bits per heavy atom. The first kappa shape index (κ1) is 21.6. The first-order valence-electron chi connectivity index (χ1n) is 10.6. The standard InChI is InChI=1S/C24H26N4O4/c1-2-3-21(32-19-9-4-16-10-11-26-23(25)20(16)14-19)24(30)27-17-5-7-18(8-6-17)28-12-13-31-15-22(28)29/h4-11,14,21H,2-3,12-13,15H2,1H3,(H2,25,26)(H,27,30). The fourth-order valence-electron chi connectivity index (χ4n) is 3.65. The van der Waals surface area contributed by atoms with Crippen LogP contribution in [0, 0.1) is 0 Å². The van der Waals surface area contributed by atoms with Crippen molar-refractivity contribution in [1.82, 2.24) is 4.98 Å². The maximum atomic E-state index is 12.9. The number of fused-ring (bicyclic) bond motifs is 1. The van der Waals surface area contributed by atoms with Crippen molar-refractivity contribution in [2.24, 2.45) is 0 Å². The van der Waals surface area contributed by atoms with Crippen molar-refractivity contribution in [3.63, 3.8) is 0 Å². The molecule has 1 aliphatic heterocycles. The third-order valence-electron chi connectivity index (χ3n) is 5.32. The number of rotatable bonds is 7. The van der Waals surface area contributed by atoms with Crippen molar-refractivity contribution < 1.29 is 19.1 Å². The Bertz CT molecular complexity index is 1120. The molecule has 1 aliphatic rings. The van der Waals surface area contributed by atoms with Gasteiger partial charge in [0.15, 0.2) is 6.10 Å². The molecule has 1 unspecified atom stereocenters. The first-order chi connectivity index (χ1) is 15.5. The van der Waals surface area contributed by atoms with E-state index in [1.165, 1.54) is 0 Å². The minimum atomic E-state index is -0.657. The zero-order valence-corrected chi connectivity index (χ0v) is 17.9. The number of aromatic nitrogens is 1. The Labute approximate surface area is 186 Å². The van der Waals surface area contributed by atoms with Crippen molar-refractivity contribution in [3.8, 4) is 5.75 Å². The average molecular weight is 434 g/mol. The molecule has 0 aliphatic carbocycles. The summed E-state index contributed by atoms with van der Waals surface area (Å²) in [5, 5.41) is 4.65. The molecular weight excluding hydrogens is 408 g/mol. The maximum Gasteiger partial charge on any atom is 0.265 e. The molecule has 0 radical (unpaired) electrons. The molecule has 0 spiro atoms. The van der Waals surface area contributed by atoms with Crippen LogP contribution in [0.3, 0.4) is 0 Å². The van der Waals surface area contributed by atoms with Crippen molar-refractivity contribution in [1.29, 1.82) is 0 Å². The topological polar surface area (TPSA) is 107 Å². The quantitative estimate of drug-likeness (QED) is 0.591. The Balaban J connectivity index is 1.45. The summed E-state index contributed by atoms with van der Waals surface area (Å²) >= 11 is 0. The van der Waals surface area contributed by atoms with Gasteiger partial charge in [0.1, 0.15) is 18.2 Å². The number of amides is 2. The Morgan fingerprint density at radius 2 is 2.06 bits per heavy atom. The summed E-state index contributed by atoms with van der Waals surface area (Å²) in [5.74, 6) is 0.673. The van der Waals surface area contributed by atoms with Gasteiger partial charge in [0.25, 0.3) is 11.8 Å². The van der Waals surface area contributed by atoms with Gasteiger partial charge in [-0.2, -0.15) is 0 Å². The van der Waals surface area contributed by atoms with E-state index in [0.29, 0.717) is 36.8 Å². The number of benzene rings is 2. The van der Waals surface area contributed by atoms with Gasteiger partial charge in [-0.1, -0.05) is 19.4 Å². The largest absolute Gasteiger partial charge is 0.481 e. The van der Waals surface area contributed by atoms with E-state index in [1.54, 1.807) is 23.2 Å². The lowest BCUT2D eigenvalue weighted by molar-refractivity contribution is -0.125. The van der Waals surface area contributed by atoms with Crippen LogP contribution in [0.15, 0.2) is 54.7 Å². The van der Waals surface area contributed by atoms with Gasteiger partial charge < -0.3 is 25.4 Å². The van der Waals surface area contributed by atoms with Gasteiger partial charge in [-0.05, 0) is 54.3 Å². The number of carbonyl (C=O) groups is 2. The highest BCUT2D eigenvalue weighted by Crippen LogP contribution is 2.26. The SMILES string of the molecule is CCCC(Oc1ccc2ccnc(N)c2c1)C(=O)Nc1ccc(N2CCOCC2=O)cc1. The van der Waals surface area contributed by atoms with Gasteiger partial charge in [0.2, 0.25) is 0 Å². The lowest BCUT2D eigenvalue weighted by Crippen LogP contribution is -2.41. The minimum absolute atomic E-state index is 0.0735. The lowest BCUT2D eigenvalue weighted by Gasteiger charge is -2.27. The smallest absolute Gasteiger partial charge is 0.265 e. The molecule has 166 valence electrons. The van der Waals surface area contributed by atoms with E-state index >= 15 is 0 Å². The molecule has 2 heterocycles. The maximum absolute atomic E-state index is 12.9. The van der Waals surface area contributed by atoms with E-state index in [1.807, 2.05) is 43.3 Å². The molecule has 3 aromatic rings. The third-order valence-corrected chi connectivity index (χ3v) is 5.32. The monoisotopic (exact) mass is 434 g/mol. The van der Waals surface area contributed by atoms with Crippen LogP contribution in [0.5, 0.6) is 5.75 Å². The highest BCUT2D eigenvalue weighted by molar-refractivity contribution is 5.97. The normalized spacial score (nSPS) is 14.9. The fourth-order valence-corrected chi connectivity index (χ4v) is 3.65. The second kappa shape index (κ2) is 9.65. The van der Waals surface area contributed by atoms with Crippen molar-refractivity contribution in [3.05, 3.63) is 54.7 Å². The fraction of sp³-hybridized carbons (Fsp3) is 0.292. The molecule has 1 fully saturated rings. The molecule has 2 aromatic carbocycles. The van der Waals surface area contributed by atoms with Crippen molar-refractivity contribution in [2.75, 3.05) is 35.7 Å². The van der Waals surface area contributed by atoms with Gasteiger partial charge in [-0.3, -0.25) is 9.59 Å². The van der Waals surface area contributed by atoms with Crippen LogP contribution in [0.25, 0.3) is 10.8 Å². The highest BCUT2D eigenvalue weighted by Gasteiger charge is 2.22. The molecule has 2 amide bonds. The summed E-state index contributed by atoms with van der Waals surface area (Å²) in [6.07, 6.45) is 2.35. The molecule has 0 bridgehead atoms. The molecule has 8 nitrogen and oxygen atoms in total. The van der Waals surface area contributed by atoms with Gasteiger partial charge in [0, 0.05) is 29.5 Å². The van der Waals surface area contributed by atoms with Crippen LogP contribution in [0.2, 0.25) is 0 Å². The summed E-state index contributed by atoms with van der Waals surface area (Å²) in [4.78, 5) is 30.7. The summed E-state index contributed by atoms with van der Waals surface area (Å²) in [6.45, 7) is 3.12. The van der Waals surface area contributed by atoms with Gasteiger partial charge >= 0.3 is 0 Å². The molecule has 1 saturated heterocycles. The predicted molar refractivity (Wildman–Crippen MR) is 124 cm³/mol. The summed E-state index contributed by atoms with van der Waals surface area (Å²) < 4.78 is 11.2. The number of nitrogens with one attached hydrogen (secondary N) is 1. The molecule has 32 heavy (non-hydrogen) atoms. The summed E-state index contributed by atoms with van der Waals surface area (Å²) in [7, 11) is 0. The van der Waals surface area contributed by atoms with E-state index in [-0.39, 0.29) is 18.4 Å². The number of morpholine rings is 1.